The third-order valence-electron chi connectivity index (χ3n) is 2.45. The Labute approximate surface area is 110 Å². The molecule has 0 fully saturated rings. The monoisotopic (exact) mass is 261 g/mol. The summed E-state index contributed by atoms with van der Waals surface area (Å²) in [6.07, 6.45) is 0.0659. The third-order valence-corrected chi connectivity index (χ3v) is 2.45. The summed E-state index contributed by atoms with van der Waals surface area (Å²) >= 11 is 0. The Hall–Kier alpha value is -2.30. The Bertz CT molecular complexity index is 601. The number of hydrogen-bond acceptors (Lipinski definition) is 4. The number of hydrogen-bond donors (Lipinski definition) is 1. The van der Waals surface area contributed by atoms with Crippen LogP contribution in [0.25, 0.3) is 11.5 Å². The molecule has 100 valence electrons. The van der Waals surface area contributed by atoms with Gasteiger partial charge in [-0.2, -0.15) is 0 Å². The van der Waals surface area contributed by atoms with Gasteiger partial charge in [0.2, 0.25) is 5.89 Å². The zero-order valence-corrected chi connectivity index (χ0v) is 11.0. The maximum atomic E-state index is 10.9. The largest absolute Gasteiger partial charge is 0.491 e. The van der Waals surface area contributed by atoms with Gasteiger partial charge in [0.15, 0.2) is 5.69 Å². The standard InChI is InChI=1S/C14H15NO4/c1-8(2)18-11-6-4-5-10(7-11)13-15-12(14(16)17)9(3)19-13/h4-8H,1-3H3,(H,16,17). The van der Waals surface area contributed by atoms with Gasteiger partial charge in [0.25, 0.3) is 0 Å². The third kappa shape index (κ3) is 2.93. The molecule has 0 spiro atoms. The smallest absolute Gasteiger partial charge is 0.358 e. The molecule has 0 unspecified atom stereocenters. The minimum atomic E-state index is -1.10. The second-order valence-corrected chi connectivity index (χ2v) is 4.42. The highest BCUT2D eigenvalue weighted by Gasteiger charge is 2.17. The molecule has 0 aliphatic rings. The molecule has 0 saturated heterocycles. The van der Waals surface area contributed by atoms with E-state index >= 15 is 0 Å². The number of benzene rings is 1. The lowest BCUT2D eigenvalue weighted by Gasteiger charge is -2.09. The molecular formula is C14H15NO4. The molecule has 0 saturated carbocycles. The average molecular weight is 261 g/mol. The van der Waals surface area contributed by atoms with Gasteiger partial charge in [0.05, 0.1) is 6.10 Å². The first kappa shape index (κ1) is 13.1. The van der Waals surface area contributed by atoms with Gasteiger partial charge in [0.1, 0.15) is 11.5 Å². The van der Waals surface area contributed by atoms with Crippen LogP contribution in [0.5, 0.6) is 5.75 Å². The maximum absolute atomic E-state index is 10.9. The molecular weight excluding hydrogens is 246 g/mol. The van der Waals surface area contributed by atoms with E-state index in [2.05, 4.69) is 4.98 Å². The van der Waals surface area contributed by atoms with Crippen molar-refractivity contribution in [3.05, 3.63) is 35.7 Å². The molecule has 1 aromatic carbocycles. The molecule has 0 amide bonds. The van der Waals surface area contributed by atoms with E-state index in [1.807, 2.05) is 26.0 Å². The Morgan fingerprint density at radius 2 is 2.16 bits per heavy atom. The SMILES string of the molecule is Cc1oc(-c2cccc(OC(C)C)c2)nc1C(=O)O. The molecule has 5 heteroatoms. The molecule has 0 radical (unpaired) electrons. The lowest BCUT2D eigenvalue weighted by atomic mass is 10.2. The summed E-state index contributed by atoms with van der Waals surface area (Å²) in [6.45, 7) is 5.45. The van der Waals surface area contributed by atoms with E-state index in [0.717, 1.165) is 0 Å². The highest BCUT2D eigenvalue weighted by Crippen LogP contribution is 2.25. The molecule has 1 heterocycles. The number of rotatable bonds is 4. The minimum Gasteiger partial charge on any atom is -0.491 e. The summed E-state index contributed by atoms with van der Waals surface area (Å²) in [4.78, 5) is 14.9. The van der Waals surface area contributed by atoms with Crippen molar-refractivity contribution < 1.29 is 19.1 Å². The number of aromatic carboxylic acids is 1. The molecule has 0 aliphatic heterocycles. The first-order valence-electron chi connectivity index (χ1n) is 5.95. The first-order chi connectivity index (χ1) is 8.97. The van der Waals surface area contributed by atoms with Crippen molar-refractivity contribution in [1.82, 2.24) is 4.98 Å². The fraction of sp³-hybridized carbons (Fsp3) is 0.286. The number of ether oxygens (including phenoxy) is 1. The van der Waals surface area contributed by atoms with Crippen molar-refractivity contribution in [1.29, 1.82) is 0 Å². The van der Waals surface area contributed by atoms with E-state index in [0.29, 0.717) is 11.3 Å². The predicted octanol–water partition coefficient (Wildman–Crippen LogP) is 3.14. The van der Waals surface area contributed by atoms with Gasteiger partial charge < -0.3 is 14.3 Å². The Balaban J connectivity index is 2.36. The van der Waals surface area contributed by atoms with Gasteiger partial charge in [-0.3, -0.25) is 0 Å². The summed E-state index contributed by atoms with van der Waals surface area (Å²) < 4.78 is 10.9. The van der Waals surface area contributed by atoms with Crippen molar-refractivity contribution in [2.75, 3.05) is 0 Å². The summed E-state index contributed by atoms with van der Waals surface area (Å²) in [5.41, 5.74) is 0.624. The number of carboxylic acid groups (broad SMARTS) is 1. The van der Waals surface area contributed by atoms with E-state index in [1.165, 1.54) is 0 Å². The molecule has 0 bridgehead atoms. The van der Waals surface area contributed by atoms with E-state index < -0.39 is 5.97 Å². The molecule has 2 aromatic rings. The summed E-state index contributed by atoms with van der Waals surface area (Å²) in [7, 11) is 0. The normalized spacial score (nSPS) is 10.7. The van der Waals surface area contributed by atoms with Crippen LogP contribution in [0.2, 0.25) is 0 Å². The quantitative estimate of drug-likeness (QED) is 0.915. The van der Waals surface area contributed by atoms with Crippen LogP contribution >= 0.6 is 0 Å². The molecule has 2 rings (SSSR count). The van der Waals surface area contributed by atoms with Crippen LogP contribution < -0.4 is 4.74 Å². The second kappa shape index (κ2) is 5.14. The van der Waals surface area contributed by atoms with E-state index in [1.54, 1.807) is 19.1 Å². The van der Waals surface area contributed by atoms with Gasteiger partial charge in [-0.1, -0.05) is 6.07 Å². The zero-order chi connectivity index (χ0) is 14.0. The van der Waals surface area contributed by atoms with Gasteiger partial charge >= 0.3 is 5.97 Å². The molecule has 0 atom stereocenters. The van der Waals surface area contributed by atoms with Crippen LogP contribution in [-0.4, -0.2) is 22.2 Å². The predicted molar refractivity (Wildman–Crippen MR) is 69.4 cm³/mol. The van der Waals surface area contributed by atoms with E-state index in [9.17, 15) is 4.79 Å². The average Bonchev–Trinajstić information content (AvgIpc) is 2.71. The lowest BCUT2D eigenvalue weighted by molar-refractivity contribution is 0.0689. The molecule has 1 aromatic heterocycles. The number of nitrogens with zero attached hydrogens (tertiary/aromatic N) is 1. The van der Waals surface area contributed by atoms with E-state index in [4.69, 9.17) is 14.3 Å². The minimum absolute atomic E-state index is 0.0646. The number of carboxylic acids is 1. The number of oxazole rings is 1. The van der Waals surface area contributed by atoms with Crippen molar-refractivity contribution >= 4 is 5.97 Å². The maximum Gasteiger partial charge on any atom is 0.358 e. The zero-order valence-electron chi connectivity index (χ0n) is 11.0. The van der Waals surface area contributed by atoms with Crippen molar-refractivity contribution in [2.45, 2.75) is 26.9 Å². The van der Waals surface area contributed by atoms with Crippen molar-refractivity contribution in [3.8, 4) is 17.2 Å². The Morgan fingerprint density at radius 1 is 1.42 bits per heavy atom. The highest BCUT2D eigenvalue weighted by atomic mass is 16.5. The number of carbonyl (C=O) groups is 1. The first-order valence-corrected chi connectivity index (χ1v) is 5.95. The molecule has 19 heavy (non-hydrogen) atoms. The van der Waals surface area contributed by atoms with Crippen LogP contribution in [0, 0.1) is 6.92 Å². The van der Waals surface area contributed by atoms with Gasteiger partial charge in [-0.05, 0) is 39.0 Å². The summed E-state index contributed by atoms with van der Waals surface area (Å²) in [5, 5.41) is 8.95. The second-order valence-electron chi connectivity index (χ2n) is 4.42. The van der Waals surface area contributed by atoms with E-state index in [-0.39, 0.29) is 23.4 Å². The Morgan fingerprint density at radius 3 is 2.74 bits per heavy atom. The lowest BCUT2D eigenvalue weighted by Crippen LogP contribution is -2.05. The van der Waals surface area contributed by atoms with Gasteiger partial charge in [-0.15, -0.1) is 0 Å². The molecule has 1 N–H and O–H groups in total. The fourth-order valence-electron chi connectivity index (χ4n) is 1.69. The van der Waals surface area contributed by atoms with Gasteiger partial charge in [0, 0.05) is 5.56 Å². The van der Waals surface area contributed by atoms with Crippen LogP contribution in [0.15, 0.2) is 28.7 Å². The van der Waals surface area contributed by atoms with Crippen LogP contribution in [-0.2, 0) is 0 Å². The van der Waals surface area contributed by atoms with Gasteiger partial charge in [-0.25, -0.2) is 9.78 Å². The van der Waals surface area contributed by atoms with Crippen LogP contribution in [0.4, 0.5) is 0 Å². The fourth-order valence-corrected chi connectivity index (χ4v) is 1.69. The van der Waals surface area contributed by atoms with Crippen molar-refractivity contribution in [3.63, 3.8) is 0 Å². The Kier molecular flexibility index (Phi) is 3.55. The highest BCUT2D eigenvalue weighted by molar-refractivity contribution is 5.87. The topological polar surface area (TPSA) is 72.6 Å². The molecule has 0 aliphatic carbocycles. The van der Waals surface area contributed by atoms with Crippen LogP contribution in [0.1, 0.15) is 30.1 Å². The van der Waals surface area contributed by atoms with Crippen molar-refractivity contribution in [2.24, 2.45) is 0 Å². The van der Waals surface area contributed by atoms with Crippen LogP contribution in [0.3, 0.4) is 0 Å². The molecule has 5 nitrogen and oxygen atoms in total. The summed E-state index contributed by atoms with van der Waals surface area (Å²) in [5.74, 6) is 0.170. The summed E-state index contributed by atoms with van der Waals surface area (Å²) in [6, 6.07) is 7.21. The number of aromatic nitrogens is 1. The number of aryl methyl sites for hydroxylation is 1.